The third-order valence-electron chi connectivity index (χ3n) is 3.07. The van der Waals surface area contributed by atoms with Gasteiger partial charge in [0, 0.05) is 6.04 Å². The molecule has 0 radical (unpaired) electrons. The van der Waals surface area contributed by atoms with Gasteiger partial charge in [0.1, 0.15) is 4.47 Å². The summed E-state index contributed by atoms with van der Waals surface area (Å²) < 4.78 is 1.86. The fourth-order valence-electron chi connectivity index (χ4n) is 2.10. The Morgan fingerprint density at radius 2 is 2.14 bits per heavy atom. The van der Waals surface area contributed by atoms with Crippen LogP contribution in [0.15, 0.2) is 58.5 Å². The molecule has 0 fully saturated rings. The van der Waals surface area contributed by atoms with Crippen molar-refractivity contribution in [2.75, 3.05) is 5.32 Å². The predicted molar refractivity (Wildman–Crippen MR) is 89.6 cm³/mol. The van der Waals surface area contributed by atoms with Gasteiger partial charge < -0.3 is 5.32 Å². The minimum atomic E-state index is -0.160. The molecule has 4 nitrogen and oxygen atoms in total. The number of benzene rings is 1. The summed E-state index contributed by atoms with van der Waals surface area (Å²) in [6.45, 7) is 6.09. The zero-order valence-corrected chi connectivity index (χ0v) is 13.5. The van der Waals surface area contributed by atoms with Crippen molar-refractivity contribution >= 4 is 21.6 Å². The highest BCUT2D eigenvalue weighted by molar-refractivity contribution is 9.10. The fourth-order valence-corrected chi connectivity index (χ4v) is 2.52. The Bertz CT molecular complexity index is 667. The van der Waals surface area contributed by atoms with Crippen molar-refractivity contribution in [3.63, 3.8) is 0 Å². The van der Waals surface area contributed by atoms with Crippen LogP contribution in [-0.2, 0) is 13.0 Å². The third kappa shape index (κ3) is 4.04. The van der Waals surface area contributed by atoms with E-state index in [0.717, 1.165) is 6.42 Å². The number of aromatic nitrogens is 2. The van der Waals surface area contributed by atoms with Gasteiger partial charge >= 0.3 is 0 Å². The third-order valence-corrected chi connectivity index (χ3v) is 3.84. The van der Waals surface area contributed by atoms with Crippen molar-refractivity contribution in [3.05, 3.63) is 69.6 Å². The topological polar surface area (TPSA) is 46.9 Å². The Labute approximate surface area is 132 Å². The van der Waals surface area contributed by atoms with Gasteiger partial charge in [-0.05, 0) is 34.8 Å². The van der Waals surface area contributed by atoms with Crippen molar-refractivity contribution < 1.29 is 0 Å². The molecule has 0 saturated heterocycles. The first-order chi connectivity index (χ1) is 10.1. The van der Waals surface area contributed by atoms with E-state index in [-0.39, 0.29) is 11.6 Å². The summed E-state index contributed by atoms with van der Waals surface area (Å²) in [5, 5.41) is 7.45. The molecule has 2 rings (SSSR count). The largest absolute Gasteiger partial charge is 0.380 e. The molecule has 1 N–H and O–H groups in total. The van der Waals surface area contributed by atoms with E-state index in [1.54, 1.807) is 12.3 Å². The molecule has 0 spiro atoms. The molecule has 1 aromatic carbocycles. The van der Waals surface area contributed by atoms with E-state index < -0.39 is 0 Å². The zero-order valence-electron chi connectivity index (χ0n) is 11.9. The molecular weight excluding hydrogens is 330 g/mol. The number of halogens is 1. The highest BCUT2D eigenvalue weighted by Gasteiger charge is 2.11. The molecule has 1 aromatic heterocycles. The predicted octanol–water partition coefficient (Wildman–Crippen LogP) is 3.23. The number of hydrogen-bond donors (Lipinski definition) is 1. The first-order valence-corrected chi connectivity index (χ1v) is 7.58. The van der Waals surface area contributed by atoms with Crippen molar-refractivity contribution in [2.45, 2.75) is 25.9 Å². The summed E-state index contributed by atoms with van der Waals surface area (Å²) in [5.74, 6) is 0. The van der Waals surface area contributed by atoms with E-state index in [1.165, 1.54) is 10.2 Å². The van der Waals surface area contributed by atoms with Gasteiger partial charge in [0.25, 0.3) is 5.56 Å². The van der Waals surface area contributed by atoms with Crippen molar-refractivity contribution in [1.29, 1.82) is 0 Å². The zero-order chi connectivity index (χ0) is 15.2. The summed E-state index contributed by atoms with van der Waals surface area (Å²) in [4.78, 5) is 12.1. The second-order valence-corrected chi connectivity index (χ2v) is 5.68. The number of anilines is 1. The standard InChI is InChI=1S/C16H18BrN3O/c1-3-9-20-16(21)15(17)14(11-18-20)19-12(2)10-13-7-5-4-6-8-13/h3-8,11-12,19H,1,9-10H2,2H3. The number of nitrogens with zero attached hydrogens (tertiary/aromatic N) is 2. The molecule has 1 atom stereocenters. The molecule has 0 aliphatic heterocycles. The van der Waals surface area contributed by atoms with Crippen LogP contribution in [0.1, 0.15) is 12.5 Å². The van der Waals surface area contributed by atoms with Gasteiger partial charge in [-0.15, -0.1) is 6.58 Å². The molecule has 2 aromatic rings. The Hall–Kier alpha value is -1.88. The van der Waals surface area contributed by atoms with Crippen LogP contribution >= 0.6 is 15.9 Å². The van der Waals surface area contributed by atoms with Crippen molar-refractivity contribution in [2.24, 2.45) is 0 Å². The van der Waals surface area contributed by atoms with Gasteiger partial charge in [-0.2, -0.15) is 5.10 Å². The summed E-state index contributed by atoms with van der Waals surface area (Å²) >= 11 is 3.34. The Balaban J connectivity index is 2.11. The second-order valence-electron chi connectivity index (χ2n) is 4.88. The van der Waals surface area contributed by atoms with E-state index in [4.69, 9.17) is 0 Å². The van der Waals surface area contributed by atoms with Crippen LogP contribution in [-0.4, -0.2) is 15.8 Å². The van der Waals surface area contributed by atoms with E-state index in [2.05, 4.69) is 52.0 Å². The molecule has 0 bridgehead atoms. The summed E-state index contributed by atoms with van der Waals surface area (Å²) in [7, 11) is 0. The number of nitrogens with one attached hydrogen (secondary N) is 1. The maximum absolute atomic E-state index is 12.1. The summed E-state index contributed by atoms with van der Waals surface area (Å²) in [6.07, 6.45) is 4.19. The maximum atomic E-state index is 12.1. The molecule has 21 heavy (non-hydrogen) atoms. The van der Waals surface area contributed by atoms with Crippen LogP contribution in [0.25, 0.3) is 0 Å². The Morgan fingerprint density at radius 1 is 1.43 bits per heavy atom. The van der Waals surface area contributed by atoms with Crippen LogP contribution in [0.4, 0.5) is 5.69 Å². The van der Waals surface area contributed by atoms with Crippen LogP contribution in [0.2, 0.25) is 0 Å². The van der Waals surface area contributed by atoms with Gasteiger partial charge in [-0.1, -0.05) is 36.4 Å². The maximum Gasteiger partial charge on any atom is 0.283 e. The van der Waals surface area contributed by atoms with Crippen molar-refractivity contribution in [1.82, 2.24) is 9.78 Å². The van der Waals surface area contributed by atoms with Gasteiger partial charge in [-0.3, -0.25) is 4.79 Å². The van der Waals surface area contributed by atoms with E-state index >= 15 is 0 Å². The fraction of sp³-hybridized carbons (Fsp3) is 0.250. The average molecular weight is 348 g/mol. The van der Waals surface area contributed by atoms with Crippen LogP contribution in [0.3, 0.4) is 0 Å². The van der Waals surface area contributed by atoms with E-state index in [0.29, 0.717) is 16.7 Å². The SMILES string of the molecule is C=CCn1ncc(NC(C)Cc2ccccc2)c(Br)c1=O. The molecule has 0 aliphatic carbocycles. The number of rotatable bonds is 6. The lowest BCUT2D eigenvalue weighted by Gasteiger charge is -2.16. The monoisotopic (exact) mass is 347 g/mol. The first kappa shape index (κ1) is 15.5. The van der Waals surface area contributed by atoms with E-state index in [9.17, 15) is 4.79 Å². The van der Waals surface area contributed by atoms with Gasteiger partial charge in [-0.25, -0.2) is 4.68 Å². The Morgan fingerprint density at radius 3 is 2.81 bits per heavy atom. The summed E-state index contributed by atoms with van der Waals surface area (Å²) in [6, 6.07) is 10.4. The smallest absolute Gasteiger partial charge is 0.283 e. The second kappa shape index (κ2) is 7.22. The lowest BCUT2D eigenvalue weighted by atomic mass is 10.1. The molecule has 5 heteroatoms. The number of hydrogen-bond acceptors (Lipinski definition) is 3. The van der Waals surface area contributed by atoms with Crippen LogP contribution in [0, 0.1) is 0 Å². The highest BCUT2D eigenvalue weighted by atomic mass is 79.9. The van der Waals surface area contributed by atoms with Crippen LogP contribution < -0.4 is 10.9 Å². The Kier molecular flexibility index (Phi) is 5.33. The number of allylic oxidation sites excluding steroid dienone is 1. The normalized spacial score (nSPS) is 11.9. The lowest BCUT2D eigenvalue weighted by Crippen LogP contribution is -2.26. The molecule has 0 amide bonds. The molecule has 1 heterocycles. The minimum Gasteiger partial charge on any atom is -0.380 e. The van der Waals surface area contributed by atoms with E-state index in [1.807, 2.05) is 18.2 Å². The molecule has 0 aliphatic rings. The lowest BCUT2D eigenvalue weighted by molar-refractivity contribution is 0.647. The van der Waals surface area contributed by atoms with Gasteiger partial charge in [0.05, 0.1) is 18.4 Å². The average Bonchev–Trinajstić information content (AvgIpc) is 2.48. The molecule has 1 unspecified atom stereocenters. The van der Waals surface area contributed by atoms with Gasteiger partial charge in [0.2, 0.25) is 0 Å². The van der Waals surface area contributed by atoms with Crippen LogP contribution in [0.5, 0.6) is 0 Å². The van der Waals surface area contributed by atoms with Gasteiger partial charge in [0.15, 0.2) is 0 Å². The molecule has 110 valence electrons. The highest BCUT2D eigenvalue weighted by Crippen LogP contribution is 2.18. The summed E-state index contributed by atoms with van der Waals surface area (Å²) in [5.41, 5.74) is 1.80. The first-order valence-electron chi connectivity index (χ1n) is 6.78. The van der Waals surface area contributed by atoms with Crippen molar-refractivity contribution in [3.8, 4) is 0 Å². The molecule has 0 saturated carbocycles. The minimum absolute atomic E-state index is 0.160. The molecular formula is C16H18BrN3O. The quantitative estimate of drug-likeness (QED) is 0.816.